The SMILES string of the molecule is COc1ccc2c(-c3ccnc(Nc4cc(N)c(N(C)CCN(C)C)cc4OC(F)F)n3)cn(C)c2c1. The van der Waals surface area contributed by atoms with E-state index >= 15 is 0 Å². The van der Waals surface area contributed by atoms with Gasteiger partial charge in [0.2, 0.25) is 5.95 Å². The third-order valence-corrected chi connectivity index (χ3v) is 6.01. The number of benzene rings is 2. The van der Waals surface area contributed by atoms with Crippen molar-refractivity contribution in [1.82, 2.24) is 19.4 Å². The molecular weight excluding hydrogens is 480 g/mol. The number of nitrogens with zero attached hydrogens (tertiary/aromatic N) is 5. The molecule has 0 aliphatic rings. The second kappa shape index (κ2) is 10.9. The minimum absolute atomic E-state index is 0.0536. The number of hydrogen-bond acceptors (Lipinski definition) is 8. The van der Waals surface area contributed by atoms with Crippen molar-refractivity contribution < 1.29 is 18.3 Å². The molecule has 2 aromatic heterocycles. The molecule has 0 atom stereocenters. The summed E-state index contributed by atoms with van der Waals surface area (Å²) >= 11 is 0. The van der Waals surface area contributed by atoms with Gasteiger partial charge < -0.3 is 34.9 Å². The summed E-state index contributed by atoms with van der Waals surface area (Å²) in [4.78, 5) is 12.8. The van der Waals surface area contributed by atoms with Crippen LogP contribution >= 0.6 is 0 Å². The van der Waals surface area contributed by atoms with Crippen LogP contribution in [-0.2, 0) is 7.05 Å². The maximum absolute atomic E-state index is 13.3. The van der Waals surface area contributed by atoms with Crippen molar-refractivity contribution in [2.45, 2.75) is 6.61 Å². The highest BCUT2D eigenvalue weighted by atomic mass is 19.3. The third-order valence-electron chi connectivity index (χ3n) is 6.01. The number of fused-ring (bicyclic) bond motifs is 1. The lowest BCUT2D eigenvalue weighted by atomic mass is 10.1. The van der Waals surface area contributed by atoms with Crippen molar-refractivity contribution >= 4 is 33.9 Å². The molecule has 9 nitrogen and oxygen atoms in total. The Morgan fingerprint density at radius 3 is 2.59 bits per heavy atom. The molecule has 0 spiro atoms. The number of nitrogens with one attached hydrogen (secondary N) is 1. The Bertz CT molecular complexity index is 1390. The van der Waals surface area contributed by atoms with Gasteiger partial charge in [0.1, 0.15) is 5.75 Å². The molecule has 4 aromatic rings. The van der Waals surface area contributed by atoms with E-state index in [0.29, 0.717) is 23.6 Å². The van der Waals surface area contributed by atoms with Crippen molar-refractivity contribution in [3.63, 3.8) is 0 Å². The maximum Gasteiger partial charge on any atom is 0.387 e. The zero-order valence-electron chi connectivity index (χ0n) is 21.5. The predicted molar refractivity (Wildman–Crippen MR) is 143 cm³/mol. The van der Waals surface area contributed by atoms with E-state index in [2.05, 4.69) is 15.3 Å². The maximum atomic E-state index is 13.3. The average Bonchev–Trinajstić information content (AvgIpc) is 3.19. The highest BCUT2D eigenvalue weighted by molar-refractivity contribution is 5.96. The van der Waals surface area contributed by atoms with Gasteiger partial charge in [0, 0.05) is 62.7 Å². The van der Waals surface area contributed by atoms with Gasteiger partial charge in [-0.3, -0.25) is 0 Å². The molecule has 2 aromatic carbocycles. The number of anilines is 4. The molecule has 0 fully saturated rings. The van der Waals surface area contributed by atoms with E-state index in [1.807, 2.05) is 67.0 Å². The average molecular weight is 512 g/mol. The van der Waals surface area contributed by atoms with Gasteiger partial charge in [-0.1, -0.05) is 0 Å². The summed E-state index contributed by atoms with van der Waals surface area (Å²) in [6.07, 6.45) is 3.57. The first-order chi connectivity index (χ1) is 17.7. The molecule has 0 amide bonds. The Balaban J connectivity index is 1.67. The topological polar surface area (TPSA) is 93.7 Å². The molecule has 2 heterocycles. The fourth-order valence-electron chi connectivity index (χ4n) is 4.06. The number of nitrogen functional groups attached to an aromatic ring is 1. The molecule has 0 aliphatic heterocycles. The fraction of sp³-hybridized carbons (Fsp3) is 0.308. The number of hydrogen-bond donors (Lipinski definition) is 2. The quantitative estimate of drug-likeness (QED) is 0.299. The summed E-state index contributed by atoms with van der Waals surface area (Å²) < 4.78 is 38.7. The van der Waals surface area contributed by atoms with Gasteiger partial charge in [-0.05, 0) is 38.4 Å². The van der Waals surface area contributed by atoms with E-state index in [4.69, 9.17) is 15.2 Å². The molecule has 0 unspecified atom stereocenters. The van der Waals surface area contributed by atoms with E-state index < -0.39 is 6.61 Å². The van der Waals surface area contributed by atoms with Crippen molar-refractivity contribution in [2.24, 2.45) is 7.05 Å². The number of aryl methyl sites for hydroxylation is 1. The van der Waals surface area contributed by atoms with Crippen LogP contribution < -0.4 is 25.4 Å². The molecule has 0 saturated carbocycles. The van der Waals surface area contributed by atoms with Gasteiger partial charge in [-0.2, -0.15) is 8.78 Å². The molecular formula is C26H31F2N7O2. The zero-order chi connectivity index (χ0) is 26.7. The normalized spacial score (nSPS) is 11.4. The first-order valence-electron chi connectivity index (χ1n) is 11.6. The van der Waals surface area contributed by atoms with Gasteiger partial charge in [-0.15, -0.1) is 0 Å². The van der Waals surface area contributed by atoms with Gasteiger partial charge >= 0.3 is 6.61 Å². The number of ether oxygens (including phenoxy) is 2. The Kier molecular flexibility index (Phi) is 7.63. The van der Waals surface area contributed by atoms with Gasteiger partial charge in [0.05, 0.1) is 35.4 Å². The second-order valence-electron chi connectivity index (χ2n) is 8.94. The summed E-state index contributed by atoms with van der Waals surface area (Å²) in [5.74, 6) is 0.919. The minimum Gasteiger partial charge on any atom is -0.497 e. The van der Waals surface area contributed by atoms with Crippen LogP contribution in [0.15, 0.2) is 48.8 Å². The van der Waals surface area contributed by atoms with E-state index in [1.165, 1.54) is 6.07 Å². The number of alkyl halides is 2. The Labute approximate surface area is 214 Å². The molecule has 0 radical (unpaired) electrons. The largest absolute Gasteiger partial charge is 0.497 e. The molecule has 3 N–H and O–H groups in total. The molecule has 4 rings (SSSR count). The first-order valence-corrected chi connectivity index (χ1v) is 11.6. The zero-order valence-corrected chi connectivity index (χ0v) is 21.5. The Hall–Kier alpha value is -4.12. The van der Waals surface area contributed by atoms with Gasteiger partial charge in [0.15, 0.2) is 5.75 Å². The van der Waals surface area contributed by atoms with Crippen molar-refractivity contribution in [2.75, 3.05) is 57.3 Å². The van der Waals surface area contributed by atoms with Crippen LogP contribution in [0.4, 0.5) is 31.8 Å². The highest BCUT2D eigenvalue weighted by Gasteiger charge is 2.18. The smallest absolute Gasteiger partial charge is 0.387 e. The molecule has 37 heavy (non-hydrogen) atoms. The molecule has 0 saturated heterocycles. The standard InChI is InChI=1S/C26H31F2N7O2/c1-33(2)10-11-34(3)23-14-24(37-25(27)28)21(13-19(23)29)32-26-30-9-8-20(31-26)18-15-35(4)22-12-16(36-5)6-7-17(18)22/h6-9,12-15,25H,10-11,29H2,1-5H3,(H,30,31,32). The highest BCUT2D eigenvalue weighted by Crippen LogP contribution is 2.38. The van der Waals surface area contributed by atoms with Crippen LogP contribution in [0.3, 0.4) is 0 Å². The lowest BCUT2D eigenvalue weighted by molar-refractivity contribution is -0.0493. The summed E-state index contributed by atoms with van der Waals surface area (Å²) in [5, 5.41) is 3.99. The number of likely N-dealkylation sites (N-methyl/N-ethyl adjacent to an activating group) is 2. The molecule has 196 valence electrons. The van der Waals surface area contributed by atoms with Crippen LogP contribution in [0.25, 0.3) is 22.2 Å². The number of aromatic nitrogens is 3. The number of rotatable bonds is 10. The Morgan fingerprint density at radius 2 is 1.89 bits per heavy atom. The van der Waals surface area contributed by atoms with Gasteiger partial charge in [-0.25, -0.2) is 9.97 Å². The van der Waals surface area contributed by atoms with Crippen molar-refractivity contribution in [3.05, 3.63) is 48.8 Å². The van der Waals surface area contributed by atoms with Crippen LogP contribution in [0, 0.1) is 0 Å². The lowest BCUT2D eigenvalue weighted by Crippen LogP contribution is -2.29. The number of nitrogens with two attached hydrogens (primary N) is 1. The summed E-state index contributed by atoms with van der Waals surface area (Å²) in [6.45, 7) is -1.59. The van der Waals surface area contributed by atoms with E-state index in [1.54, 1.807) is 25.4 Å². The Morgan fingerprint density at radius 1 is 1.11 bits per heavy atom. The lowest BCUT2D eigenvalue weighted by Gasteiger charge is -2.24. The first kappa shape index (κ1) is 26.0. The number of methoxy groups -OCH3 is 1. The van der Waals surface area contributed by atoms with Gasteiger partial charge in [0.25, 0.3) is 0 Å². The van der Waals surface area contributed by atoms with Crippen LogP contribution in [-0.4, -0.2) is 67.4 Å². The monoisotopic (exact) mass is 511 g/mol. The molecule has 0 aliphatic carbocycles. The molecule has 11 heteroatoms. The fourth-order valence-corrected chi connectivity index (χ4v) is 4.06. The van der Waals surface area contributed by atoms with E-state index in [9.17, 15) is 8.78 Å². The van der Waals surface area contributed by atoms with Crippen molar-refractivity contribution in [1.29, 1.82) is 0 Å². The van der Waals surface area contributed by atoms with Crippen LogP contribution in [0.2, 0.25) is 0 Å². The number of halogens is 2. The summed E-state index contributed by atoms with van der Waals surface area (Å²) in [7, 11) is 9.33. The van der Waals surface area contributed by atoms with Crippen molar-refractivity contribution in [3.8, 4) is 22.8 Å². The van der Waals surface area contributed by atoms with Crippen LogP contribution in [0.5, 0.6) is 11.5 Å². The predicted octanol–water partition coefficient (Wildman–Crippen LogP) is 4.57. The minimum atomic E-state index is -3.01. The summed E-state index contributed by atoms with van der Waals surface area (Å²) in [6, 6.07) is 10.7. The molecule has 0 bridgehead atoms. The summed E-state index contributed by atoms with van der Waals surface area (Å²) in [5.41, 5.74) is 10.1. The van der Waals surface area contributed by atoms with Crippen LogP contribution in [0.1, 0.15) is 0 Å². The second-order valence-corrected chi connectivity index (χ2v) is 8.94. The third kappa shape index (κ3) is 5.83. The van der Waals surface area contributed by atoms with E-state index in [-0.39, 0.29) is 17.4 Å². The van der Waals surface area contributed by atoms with E-state index in [0.717, 1.165) is 28.8 Å².